The average Bonchev–Trinajstić information content (AvgIpc) is 3.23. The third-order valence-electron chi connectivity index (χ3n) is 5.26. The van der Waals surface area contributed by atoms with Crippen LogP contribution < -0.4 is 9.64 Å². The number of aliphatic hydroxyl groups is 1. The number of rotatable bonds is 7. The number of halogens is 2. The second-order valence-corrected chi connectivity index (χ2v) is 7.04. The molecular formula is C22H29Cl2N3O3. The zero-order valence-corrected chi connectivity index (χ0v) is 18.8. The highest BCUT2D eigenvalue weighted by atomic mass is 35.5. The van der Waals surface area contributed by atoms with Gasteiger partial charge in [0.2, 0.25) is 0 Å². The van der Waals surface area contributed by atoms with Crippen molar-refractivity contribution in [3.63, 3.8) is 0 Å². The van der Waals surface area contributed by atoms with Gasteiger partial charge in [-0.2, -0.15) is 0 Å². The molecule has 3 heterocycles. The molecule has 0 spiro atoms. The summed E-state index contributed by atoms with van der Waals surface area (Å²) in [6.07, 6.45) is 2.37. The molecule has 0 unspecified atom stereocenters. The Hall–Kier alpha value is -1.99. The van der Waals surface area contributed by atoms with Gasteiger partial charge in [-0.25, -0.2) is 4.98 Å². The summed E-state index contributed by atoms with van der Waals surface area (Å²) in [7, 11) is 0. The van der Waals surface area contributed by atoms with Gasteiger partial charge in [-0.3, -0.25) is 0 Å². The molecule has 1 aromatic carbocycles. The molecule has 1 N–H and O–H groups in total. The first-order chi connectivity index (χ1) is 13.8. The molecule has 1 fully saturated rings. The van der Waals surface area contributed by atoms with Crippen LogP contribution in [-0.4, -0.2) is 60.9 Å². The van der Waals surface area contributed by atoms with Crippen LogP contribution in [0.15, 0.2) is 47.1 Å². The number of ether oxygens (including phenoxy) is 1. The summed E-state index contributed by atoms with van der Waals surface area (Å²) in [5.41, 5.74) is 2.84. The number of aromatic nitrogens is 1. The number of likely N-dealkylation sites (N-methyl/N-ethyl adjacent to an activating group) is 1. The van der Waals surface area contributed by atoms with Crippen molar-refractivity contribution in [2.75, 3.05) is 50.8 Å². The van der Waals surface area contributed by atoms with Gasteiger partial charge in [0.1, 0.15) is 5.75 Å². The van der Waals surface area contributed by atoms with Crippen molar-refractivity contribution in [2.24, 2.45) is 0 Å². The Morgan fingerprint density at radius 1 is 1.07 bits per heavy atom. The smallest absolute Gasteiger partial charge is 0.176 e. The molecule has 4 rings (SSSR count). The predicted molar refractivity (Wildman–Crippen MR) is 125 cm³/mol. The highest BCUT2D eigenvalue weighted by Crippen LogP contribution is 2.32. The van der Waals surface area contributed by atoms with Crippen molar-refractivity contribution in [1.29, 1.82) is 0 Å². The lowest BCUT2D eigenvalue weighted by Gasteiger charge is -2.34. The minimum Gasteiger partial charge on any atom is -0.494 e. The van der Waals surface area contributed by atoms with Crippen LogP contribution in [0.3, 0.4) is 0 Å². The highest BCUT2D eigenvalue weighted by molar-refractivity contribution is 5.90. The van der Waals surface area contributed by atoms with Gasteiger partial charge in [-0.05, 0) is 42.9 Å². The van der Waals surface area contributed by atoms with Gasteiger partial charge in [0.25, 0.3) is 0 Å². The number of pyridine rings is 1. The molecule has 0 bridgehead atoms. The van der Waals surface area contributed by atoms with Crippen molar-refractivity contribution in [2.45, 2.75) is 13.3 Å². The summed E-state index contributed by atoms with van der Waals surface area (Å²) in [5, 5.41) is 9.94. The molecular weight excluding hydrogens is 425 g/mol. The molecule has 164 valence electrons. The van der Waals surface area contributed by atoms with Crippen LogP contribution >= 0.6 is 24.8 Å². The molecule has 0 saturated carbocycles. The maximum Gasteiger partial charge on any atom is 0.176 e. The van der Waals surface area contributed by atoms with Crippen molar-refractivity contribution >= 4 is 41.6 Å². The lowest BCUT2D eigenvalue weighted by atomic mass is 10.1. The predicted octanol–water partition coefficient (Wildman–Crippen LogP) is 4.24. The molecule has 1 saturated heterocycles. The SMILES string of the molecule is CCN1CCN(c2nc(-c3ccc(OCCCO)cc3)cc3ccoc23)CC1.Cl.Cl. The maximum atomic E-state index is 8.87. The fourth-order valence-corrected chi connectivity index (χ4v) is 3.57. The lowest BCUT2D eigenvalue weighted by molar-refractivity contribution is 0.233. The van der Waals surface area contributed by atoms with Gasteiger partial charge in [0.05, 0.1) is 18.6 Å². The van der Waals surface area contributed by atoms with Crippen molar-refractivity contribution in [3.05, 3.63) is 42.7 Å². The Balaban J connectivity index is 0.00000160. The highest BCUT2D eigenvalue weighted by Gasteiger charge is 2.21. The summed E-state index contributed by atoms with van der Waals surface area (Å²) in [6.45, 7) is 7.95. The van der Waals surface area contributed by atoms with Crippen molar-refractivity contribution in [3.8, 4) is 17.0 Å². The first-order valence-electron chi connectivity index (χ1n) is 9.98. The Morgan fingerprint density at radius 3 is 2.47 bits per heavy atom. The van der Waals surface area contributed by atoms with E-state index in [1.54, 1.807) is 6.26 Å². The van der Waals surface area contributed by atoms with E-state index in [2.05, 4.69) is 22.8 Å². The number of hydrogen-bond acceptors (Lipinski definition) is 6. The van der Waals surface area contributed by atoms with E-state index in [0.717, 1.165) is 66.5 Å². The second kappa shape index (κ2) is 11.4. The van der Waals surface area contributed by atoms with E-state index in [9.17, 15) is 0 Å². The second-order valence-electron chi connectivity index (χ2n) is 7.04. The van der Waals surface area contributed by atoms with E-state index in [-0.39, 0.29) is 31.4 Å². The maximum absolute atomic E-state index is 8.87. The molecule has 2 aromatic heterocycles. The quantitative estimate of drug-likeness (QED) is 0.539. The van der Waals surface area contributed by atoms with E-state index < -0.39 is 0 Å². The number of hydrogen-bond donors (Lipinski definition) is 1. The van der Waals surface area contributed by atoms with E-state index >= 15 is 0 Å². The van der Waals surface area contributed by atoms with E-state index in [1.807, 2.05) is 30.3 Å². The van der Waals surface area contributed by atoms with Gasteiger partial charge in [-0.15, -0.1) is 24.8 Å². The molecule has 6 nitrogen and oxygen atoms in total. The van der Waals surface area contributed by atoms with Crippen LogP contribution in [0.4, 0.5) is 5.82 Å². The monoisotopic (exact) mass is 453 g/mol. The van der Waals surface area contributed by atoms with E-state index in [1.165, 1.54) is 0 Å². The summed E-state index contributed by atoms with van der Waals surface area (Å²) in [4.78, 5) is 9.74. The van der Waals surface area contributed by atoms with Crippen LogP contribution in [0.25, 0.3) is 22.2 Å². The summed E-state index contributed by atoms with van der Waals surface area (Å²) in [5.74, 6) is 1.73. The van der Waals surface area contributed by atoms with E-state index in [0.29, 0.717) is 13.0 Å². The van der Waals surface area contributed by atoms with Crippen molar-refractivity contribution < 1.29 is 14.3 Å². The minimum absolute atomic E-state index is 0. The van der Waals surface area contributed by atoms with Gasteiger partial charge < -0.3 is 24.1 Å². The molecule has 3 aromatic rings. The van der Waals surface area contributed by atoms with Crippen LogP contribution in [0.5, 0.6) is 5.75 Å². The molecule has 8 heteroatoms. The molecule has 0 atom stereocenters. The van der Waals surface area contributed by atoms with Gasteiger partial charge in [0.15, 0.2) is 11.4 Å². The normalized spacial score (nSPS) is 14.3. The fraction of sp³-hybridized carbons (Fsp3) is 0.409. The molecule has 30 heavy (non-hydrogen) atoms. The number of fused-ring (bicyclic) bond motifs is 1. The fourth-order valence-electron chi connectivity index (χ4n) is 3.57. The standard InChI is InChI=1S/C22H27N3O3.2ClH/c1-2-24-9-11-25(12-10-24)22-21-18(8-15-28-21)16-20(23-22)17-4-6-19(7-5-17)27-14-3-13-26;;/h4-8,15-16,26H,2-3,9-14H2,1H3;2*1H. The topological polar surface area (TPSA) is 62.0 Å². The third-order valence-corrected chi connectivity index (χ3v) is 5.26. The number of aliphatic hydroxyl groups excluding tert-OH is 1. The molecule has 0 radical (unpaired) electrons. The summed E-state index contributed by atoms with van der Waals surface area (Å²) < 4.78 is 11.4. The first-order valence-corrected chi connectivity index (χ1v) is 9.98. The first kappa shape index (κ1) is 24.3. The van der Waals surface area contributed by atoms with Gasteiger partial charge >= 0.3 is 0 Å². The number of nitrogens with zero attached hydrogens (tertiary/aromatic N) is 3. The number of anilines is 1. The van der Waals surface area contributed by atoms with Gasteiger partial charge in [-0.1, -0.05) is 6.92 Å². The lowest BCUT2D eigenvalue weighted by Crippen LogP contribution is -2.46. The Labute approximate surface area is 189 Å². The van der Waals surface area contributed by atoms with E-state index in [4.69, 9.17) is 19.2 Å². The Kier molecular flexibility index (Phi) is 9.24. The number of furan rings is 1. The summed E-state index contributed by atoms with van der Waals surface area (Å²) in [6, 6.07) is 12.0. The van der Waals surface area contributed by atoms with Crippen LogP contribution in [0.2, 0.25) is 0 Å². The Morgan fingerprint density at radius 2 is 1.80 bits per heavy atom. The number of benzene rings is 1. The largest absolute Gasteiger partial charge is 0.494 e. The molecule has 1 aliphatic rings. The third kappa shape index (κ3) is 5.38. The van der Waals surface area contributed by atoms with Crippen LogP contribution in [0, 0.1) is 0 Å². The summed E-state index contributed by atoms with van der Waals surface area (Å²) >= 11 is 0. The zero-order valence-electron chi connectivity index (χ0n) is 17.1. The average molecular weight is 454 g/mol. The van der Waals surface area contributed by atoms with Gasteiger partial charge in [0, 0.05) is 50.2 Å². The molecule has 1 aliphatic heterocycles. The molecule has 0 aliphatic carbocycles. The zero-order chi connectivity index (χ0) is 19.3. The minimum atomic E-state index is 0. The Bertz CT molecular complexity index is 910. The van der Waals surface area contributed by atoms with Crippen LogP contribution in [0.1, 0.15) is 13.3 Å². The van der Waals surface area contributed by atoms with Crippen LogP contribution in [-0.2, 0) is 0 Å². The number of piperazine rings is 1. The van der Waals surface area contributed by atoms with Crippen molar-refractivity contribution in [1.82, 2.24) is 9.88 Å². The molecule has 0 amide bonds.